The summed E-state index contributed by atoms with van der Waals surface area (Å²) in [4.78, 5) is 2.94. The highest BCUT2D eigenvalue weighted by Gasteiger charge is 2.33. The fraction of sp³-hybridized carbons (Fsp3) is 0.692. The Kier molecular flexibility index (Phi) is 4.32. The zero-order chi connectivity index (χ0) is 13.9. The summed E-state index contributed by atoms with van der Waals surface area (Å²) >= 11 is 0. The van der Waals surface area contributed by atoms with Gasteiger partial charge in [0, 0.05) is 18.4 Å². The highest BCUT2D eigenvalue weighted by Crippen LogP contribution is 2.40. The molecule has 0 amide bonds. The standard InChI is InChI=1S/C13H22N2O3S/c1-2-13(5-3-4-6-13)10-15-19(17,18)12-7-11(9-16)14-8-12/h7-8,14-16H,2-6,9-10H2,1H3. The predicted molar refractivity (Wildman–Crippen MR) is 73.1 cm³/mol. The number of H-pyrrole nitrogens is 1. The molecule has 5 nitrogen and oxygen atoms in total. The molecule has 1 fully saturated rings. The number of sulfonamides is 1. The van der Waals surface area contributed by atoms with Crippen LogP contribution >= 0.6 is 0 Å². The van der Waals surface area contributed by atoms with E-state index < -0.39 is 10.0 Å². The van der Waals surface area contributed by atoms with Crippen LogP contribution in [0.1, 0.15) is 44.7 Å². The molecular formula is C13H22N2O3S. The number of nitrogens with one attached hydrogen (secondary N) is 2. The molecule has 0 bridgehead atoms. The lowest BCUT2D eigenvalue weighted by Crippen LogP contribution is -2.35. The van der Waals surface area contributed by atoms with Crippen LogP contribution in [-0.2, 0) is 16.6 Å². The molecule has 108 valence electrons. The van der Waals surface area contributed by atoms with E-state index in [1.54, 1.807) is 0 Å². The molecule has 0 aromatic carbocycles. The number of aliphatic hydroxyl groups is 1. The van der Waals surface area contributed by atoms with Crippen molar-refractivity contribution in [2.24, 2.45) is 5.41 Å². The van der Waals surface area contributed by atoms with Gasteiger partial charge in [0.15, 0.2) is 0 Å². The number of rotatable bonds is 6. The van der Waals surface area contributed by atoms with Gasteiger partial charge in [-0.2, -0.15) is 0 Å². The van der Waals surface area contributed by atoms with Crippen LogP contribution < -0.4 is 4.72 Å². The van der Waals surface area contributed by atoms with Gasteiger partial charge in [-0.3, -0.25) is 0 Å². The number of aromatic nitrogens is 1. The van der Waals surface area contributed by atoms with Crippen molar-refractivity contribution in [1.29, 1.82) is 0 Å². The Balaban J connectivity index is 2.05. The van der Waals surface area contributed by atoms with Gasteiger partial charge in [0.1, 0.15) is 0 Å². The molecule has 1 aromatic heterocycles. The van der Waals surface area contributed by atoms with Gasteiger partial charge in [-0.15, -0.1) is 0 Å². The maximum absolute atomic E-state index is 12.2. The monoisotopic (exact) mass is 286 g/mol. The summed E-state index contributed by atoms with van der Waals surface area (Å²) < 4.78 is 27.0. The van der Waals surface area contributed by atoms with Crippen LogP contribution in [0.4, 0.5) is 0 Å². The van der Waals surface area contributed by atoms with Crippen LogP contribution in [0.5, 0.6) is 0 Å². The molecule has 0 unspecified atom stereocenters. The normalized spacial score (nSPS) is 18.8. The van der Waals surface area contributed by atoms with Crippen molar-refractivity contribution in [1.82, 2.24) is 9.71 Å². The van der Waals surface area contributed by atoms with Crippen LogP contribution in [-0.4, -0.2) is 25.1 Å². The van der Waals surface area contributed by atoms with Crippen molar-refractivity contribution in [3.63, 3.8) is 0 Å². The quantitative estimate of drug-likeness (QED) is 0.745. The first-order valence-corrected chi connectivity index (χ1v) is 8.27. The van der Waals surface area contributed by atoms with Crippen molar-refractivity contribution in [3.05, 3.63) is 18.0 Å². The largest absolute Gasteiger partial charge is 0.390 e. The van der Waals surface area contributed by atoms with Gasteiger partial charge in [0.2, 0.25) is 10.0 Å². The summed E-state index contributed by atoms with van der Waals surface area (Å²) in [7, 11) is -3.48. The van der Waals surface area contributed by atoms with Crippen LogP contribution in [0, 0.1) is 5.41 Å². The highest BCUT2D eigenvalue weighted by atomic mass is 32.2. The minimum atomic E-state index is -3.48. The van der Waals surface area contributed by atoms with E-state index in [2.05, 4.69) is 16.6 Å². The lowest BCUT2D eigenvalue weighted by atomic mass is 9.84. The smallest absolute Gasteiger partial charge is 0.242 e. The lowest BCUT2D eigenvalue weighted by molar-refractivity contribution is 0.277. The van der Waals surface area contributed by atoms with Gasteiger partial charge in [0.25, 0.3) is 0 Å². The average Bonchev–Trinajstić information content (AvgIpc) is 3.06. The molecule has 0 radical (unpaired) electrons. The molecule has 19 heavy (non-hydrogen) atoms. The Morgan fingerprint density at radius 1 is 1.42 bits per heavy atom. The number of hydrogen-bond acceptors (Lipinski definition) is 3. The van der Waals surface area contributed by atoms with E-state index >= 15 is 0 Å². The Morgan fingerprint density at radius 2 is 2.11 bits per heavy atom. The maximum atomic E-state index is 12.2. The third kappa shape index (κ3) is 3.19. The highest BCUT2D eigenvalue weighted by molar-refractivity contribution is 7.89. The molecule has 1 aliphatic carbocycles. The van der Waals surface area contributed by atoms with E-state index in [0.717, 1.165) is 19.3 Å². The first kappa shape index (κ1) is 14.6. The fourth-order valence-corrected chi connectivity index (χ4v) is 3.95. The first-order valence-electron chi connectivity index (χ1n) is 6.79. The van der Waals surface area contributed by atoms with E-state index in [0.29, 0.717) is 12.2 Å². The molecule has 0 spiro atoms. The third-order valence-corrected chi connectivity index (χ3v) is 5.63. The zero-order valence-corrected chi connectivity index (χ0v) is 12.1. The van der Waals surface area contributed by atoms with Gasteiger partial charge < -0.3 is 10.1 Å². The molecule has 2 rings (SSSR count). The molecule has 0 aliphatic heterocycles. The second kappa shape index (κ2) is 5.64. The molecule has 1 heterocycles. The zero-order valence-electron chi connectivity index (χ0n) is 11.3. The number of hydrogen-bond donors (Lipinski definition) is 3. The minimum Gasteiger partial charge on any atom is -0.390 e. The van der Waals surface area contributed by atoms with Gasteiger partial charge in [-0.05, 0) is 30.7 Å². The molecular weight excluding hydrogens is 264 g/mol. The predicted octanol–water partition coefficient (Wildman–Crippen LogP) is 1.76. The van der Waals surface area contributed by atoms with Gasteiger partial charge in [0.05, 0.1) is 11.5 Å². The van der Waals surface area contributed by atoms with E-state index in [9.17, 15) is 8.42 Å². The SMILES string of the molecule is CCC1(CNS(=O)(=O)c2c[nH]c(CO)c2)CCCC1. The average molecular weight is 286 g/mol. The van der Waals surface area contributed by atoms with Gasteiger partial charge in [-0.1, -0.05) is 19.8 Å². The fourth-order valence-electron chi connectivity index (χ4n) is 2.78. The molecule has 1 aliphatic rings. The van der Waals surface area contributed by atoms with E-state index in [-0.39, 0.29) is 16.9 Å². The molecule has 0 saturated heterocycles. The van der Waals surface area contributed by atoms with Gasteiger partial charge >= 0.3 is 0 Å². The van der Waals surface area contributed by atoms with E-state index in [4.69, 9.17) is 5.11 Å². The Bertz CT molecular complexity index is 516. The van der Waals surface area contributed by atoms with Crippen LogP contribution in [0.15, 0.2) is 17.2 Å². The van der Waals surface area contributed by atoms with Crippen molar-refractivity contribution in [3.8, 4) is 0 Å². The third-order valence-electron chi connectivity index (χ3n) is 4.25. The van der Waals surface area contributed by atoms with Crippen molar-refractivity contribution < 1.29 is 13.5 Å². The Labute approximate surface area is 114 Å². The molecule has 1 saturated carbocycles. The number of aromatic amines is 1. The molecule has 6 heteroatoms. The van der Waals surface area contributed by atoms with Crippen molar-refractivity contribution in [2.75, 3.05) is 6.54 Å². The summed E-state index contributed by atoms with van der Waals surface area (Å²) in [5.74, 6) is 0. The topological polar surface area (TPSA) is 82.2 Å². The first-order chi connectivity index (χ1) is 9.01. The summed E-state index contributed by atoms with van der Waals surface area (Å²) in [6, 6.07) is 1.47. The van der Waals surface area contributed by atoms with Crippen LogP contribution in [0.3, 0.4) is 0 Å². The summed E-state index contributed by atoms with van der Waals surface area (Å²) in [5.41, 5.74) is 0.634. The van der Waals surface area contributed by atoms with Crippen LogP contribution in [0.2, 0.25) is 0 Å². The lowest BCUT2D eigenvalue weighted by Gasteiger charge is -2.27. The Morgan fingerprint density at radius 3 is 2.63 bits per heavy atom. The second-order valence-corrected chi connectivity index (χ2v) is 7.17. The molecule has 3 N–H and O–H groups in total. The van der Waals surface area contributed by atoms with Crippen molar-refractivity contribution in [2.45, 2.75) is 50.5 Å². The van der Waals surface area contributed by atoms with Crippen molar-refractivity contribution >= 4 is 10.0 Å². The van der Waals surface area contributed by atoms with E-state index in [1.807, 2.05) is 0 Å². The number of aliphatic hydroxyl groups excluding tert-OH is 1. The molecule has 1 aromatic rings. The summed E-state index contributed by atoms with van der Waals surface area (Å²) in [6.07, 6.45) is 7.00. The summed E-state index contributed by atoms with van der Waals surface area (Å²) in [5, 5.41) is 8.95. The van der Waals surface area contributed by atoms with Crippen LogP contribution in [0.25, 0.3) is 0 Å². The van der Waals surface area contributed by atoms with E-state index in [1.165, 1.54) is 25.1 Å². The molecule has 0 atom stereocenters. The summed E-state index contributed by atoms with van der Waals surface area (Å²) in [6.45, 7) is 2.44. The second-order valence-electron chi connectivity index (χ2n) is 5.40. The minimum absolute atomic E-state index is 0.128. The van der Waals surface area contributed by atoms with Gasteiger partial charge in [-0.25, -0.2) is 13.1 Å². The maximum Gasteiger partial charge on any atom is 0.242 e. The Hall–Kier alpha value is -0.850.